The van der Waals surface area contributed by atoms with E-state index in [-0.39, 0.29) is 18.4 Å². The van der Waals surface area contributed by atoms with Gasteiger partial charge in [0.2, 0.25) is 11.8 Å². The number of aromatic nitrogens is 1. The van der Waals surface area contributed by atoms with Crippen LogP contribution in [0.25, 0.3) is 0 Å². The molecular formula is C24H35N3O2. The molecule has 0 saturated carbocycles. The molecule has 0 atom stereocenters. The highest BCUT2D eigenvalue weighted by Gasteiger charge is 2.21. The van der Waals surface area contributed by atoms with Crippen LogP contribution in [0.1, 0.15) is 57.2 Å². The van der Waals surface area contributed by atoms with Gasteiger partial charge in [-0.1, -0.05) is 57.0 Å². The van der Waals surface area contributed by atoms with Crippen molar-refractivity contribution in [1.82, 2.24) is 14.4 Å². The minimum Gasteiger partial charge on any atom is -0.353 e. The molecular weight excluding hydrogens is 362 g/mol. The van der Waals surface area contributed by atoms with Gasteiger partial charge in [-0.25, -0.2) is 0 Å². The van der Waals surface area contributed by atoms with Crippen LogP contribution in [0.2, 0.25) is 0 Å². The topological polar surface area (TPSA) is 45.6 Å². The van der Waals surface area contributed by atoms with Crippen LogP contribution in [-0.2, 0) is 29.7 Å². The minimum atomic E-state index is -0.00370. The number of unbranched alkanes of at least 4 members (excludes halogenated alkanes) is 2. The molecule has 5 nitrogen and oxygen atoms in total. The summed E-state index contributed by atoms with van der Waals surface area (Å²) in [6.45, 7) is 6.05. The SMILES string of the molecule is CCCCC(=O)N(CCCC)CC(=O)N(Cc1ccccc1)Cc1cccn1C. The largest absolute Gasteiger partial charge is 0.353 e. The van der Waals surface area contributed by atoms with Crippen LogP contribution in [0, 0.1) is 0 Å². The molecule has 0 aliphatic carbocycles. The first-order valence-electron chi connectivity index (χ1n) is 10.7. The van der Waals surface area contributed by atoms with Crippen LogP contribution in [0.5, 0.6) is 0 Å². The van der Waals surface area contributed by atoms with E-state index in [4.69, 9.17) is 0 Å². The minimum absolute atomic E-state index is 0.00370. The molecule has 0 unspecified atom stereocenters. The molecule has 0 spiro atoms. The summed E-state index contributed by atoms with van der Waals surface area (Å²) in [4.78, 5) is 29.5. The summed E-state index contributed by atoms with van der Waals surface area (Å²) in [6.07, 6.45) is 6.28. The summed E-state index contributed by atoms with van der Waals surface area (Å²) in [5.41, 5.74) is 2.17. The van der Waals surface area contributed by atoms with Crippen LogP contribution in [0.3, 0.4) is 0 Å². The summed E-state index contributed by atoms with van der Waals surface area (Å²) in [5.74, 6) is 0.0863. The number of carbonyl (C=O) groups excluding carboxylic acids is 2. The lowest BCUT2D eigenvalue weighted by molar-refractivity contribution is -0.141. The van der Waals surface area contributed by atoms with Crippen LogP contribution >= 0.6 is 0 Å². The second-order valence-corrected chi connectivity index (χ2v) is 7.62. The van der Waals surface area contributed by atoms with Gasteiger partial charge in [-0.15, -0.1) is 0 Å². The Morgan fingerprint density at radius 3 is 2.21 bits per heavy atom. The molecule has 0 aliphatic rings. The second-order valence-electron chi connectivity index (χ2n) is 7.62. The Hall–Kier alpha value is -2.56. The van der Waals surface area contributed by atoms with Gasteiger partial charge in [-0.3, -0.25) is 9.59 Å². The molecule has 0 saturated heterocycles. The Labute approximate surface area is 175 Å². The van der Waals surface area contributed by atoms with E-state index in [9.17, 15) is 9.59 Å². The van der Waals surface area contributed by atoms with Crippen molar-refractivity contribution in [2.24, 2.45) is 7.05 Å². The molecule has 0 radical (unpaired) electrons. The van der Waals surface area contributed by atoms with Crippen molar-refractivity contribution in [2.75, 3.05) is 13.1 Å². The fraction of sp³-hybridized carbons (Fsp3) is 0.500. The Morgan fingerprint density at radius 2 is 1.59 bits per heavy atom. The number of benzene rings is 1. The quantitative estimate of drug-likeness (QED) is 0.534. The number of hydrogen-bond donors (Lipinski definition) is 0. The highest BCUT2D eigenvalue weighted by molar-refractivity contribution is 5.84. The zero-order valence-electron chi connectivity index (χ0n) is 18.1. The normalized spacial score (nSPS) is 10.7. The smallest absolute Gasteiger partial charge is 0.242 e. The average molecular weight is 398 g/mol. The zero-order chi connectivity index (χ0) is 21.1. The van der Waals surface area contributed by atoms with Crippen LogP contribution < -0.4 is 0 Å². The Kier molecular flexibility index (Phi) is 9.48. The first kappa shape index (κ1) is 22.7. The van der Waals surface area contributed by atoms with Gasteiger partial charge in [0.25, 0.3) is 0 Å². The number of rotatable bonds is 12. The van der Waals surface area contributed by atoms with Gasteiger partial charge in [0.05, 0.1) is 13.1 Å². The number of hydrogen-bond acceptors (Lipinski definition) is 2. The molecule has 2 amide bonds. The lowest BCUT2D eigenvalue weighted by atomic mass is 10.2. The third-order valence-corrected chi connectivity index (χ3v) is 5.18. The van der Waals surface area contributed by atoms with Gasteiger partial charge in [-0.05, 0) is 30.5 Å². The monoisotopic (exact) mass is 397 g/mol. The maximum Gasteiger partial charge on any atom is 0.242 e. The van der Waals surface area contributed by atoms with E-state index in [1.54, 1.807) is 4.90 Å². The molecule has 0 N–H and O–H groups in total. The Bertz CT molecular complexity index is 754. The van der Waals surface area contributed by atoms with E-state index in [0.717, 1.165) is 36.9 Å². The van der Waals surface area contributed by atoms with E-state index in [0.29, 0.717) is 26.1 Å². The van der Waals surface area contributed by atoms with E-state index in [1.165, 1.54) is 0 Å². The molecule has 0 aliphatic heterocycles. The van der Waals surface area contributed by atoms with Crippen molar-refractivity contribution in [3.05, 3.63) is 59.9 Å². The summed E-state index contributed by atoms with van der Waals surface area (Å²) >= 11 is 0. The molecule has 1 aromatic heterocycles. The summed E-state index contributed by atoms with van der Waals surface area (Å²) in [5, 5.41) is 0. The Balaban J connectivity index is 2.14. The van der Waals surface area contributed by atoms with Crippen LogP contribution in [-0.4, -0.2) is 39.3 Å². The summed E-state index contributed by atoms with van der Waals surface area (Å²) < 4.78 is 2.03. The highest BCUT2D eigenvalue weighted by atomic mass is 16.2. The molecule has 0 bridgehead atoms. The maximum absolute atomic E-state index is 13.3. The second kappa shape index (κ2) is 12.1. The number of amides is 2. The molecule has 29 heavy (non-hydrogen) atoms. The van der Waals surface area contributed by atoms with Gasteiger partial charge in [-0.2, -0.15) is 0 Å². The van der Waals surface area contributed by atoms with Gasteiger partial charge >= 0.3 is 0 Å². The molecule has 2 rings (SSSR count). The van der Waals surface area contributed by atoms with E-state index in [1.807, 2.05) is 65.2 Å². The first-order chi connectivity index (χ1) is 14.0. The summed E-state index contributed by atoms with van der Waals surface area (Å²) in [6, 6.07) is 14.0. The third-order valence-electron chi connectivity index (χ3n) is 5.18. The van der Waals surface area contributed by atoms with Gasteiger partial charge < -0.3 is 14.4 Å². The van der Waals surface area contributed by atoms with E-state index in [2.05, 4.69) is 13.8 Å². The van der Waals surface area contributed by atoms with Crippen molar-refractivity contribution in [3.8, 4) is 0 Å². The fourth-order valence-corrected chi connectivity index (χ4v) is 3.28. The van der Waals surface area contributed by atoms with Crippen LogP contribution in [0.4, 0.5) is 0 Å². The highest BCUT2D eigenvalue weighted by Crippen LogP contribution is 2.12. The molecule has 0 fully saturated rings. The first-order valence-corrected chi connectivity index (χ1v) is 10.7. The number of nitrogens with zero attached hydrogens (tertiary/aromatic N) is 3. The lowest BCUT2D eigenvalue weighted by Gasteiger charge is -2.28. The molecule has 1 heterocycles. The zero-order valence-corrected chi connectivity index (χ0v) is 18.1. The summed E-state index contributed by atoms with van der Waals surface area (Å²) in [7, 11) is 1.99. The van der Waals surface area contributed by atoms with Crippen molar-refractivity contribution in [1.29, 1.82) is 0 Å². The predicted octanol–water partition coefficient (Wildman–Crippen LogP) is 4.37. The van der Waals surface area contributed by atoms with E-state index >= 15 is 0 Å². The van der Waals surface area contributed by atoms with Gasteiger partial charge in [0.1, 0.15) is 0 Å². The number of carbonyl (C=O) groups is 2. The van der Waals surface area contributed by atoms with Crippen molar-refractivity contribution in [3.63, 3.8) is 0 Å². The van der Waals surface area contributed by atoms with Gasteiger partial charge in [0, 0.05) is 38.4 Å². The van der Waals surface area contributed by atoms with E-state index < -0.39 is 0 Å². The molecule has 1 aromatic carbocycles. The van der Waals surface area contributed by atoms with Crippen molar-refractivity contribution < 1.29 is 9.59 Å². The lowest BCUT2D eigenvalue weighted by Crippen LogP contribution is -2.43. The predicted molar refractivity (Wildman–Crippen MR) is 117 cm³/mol. The number of aryl methyl sites for hydroxylation is 1. The third kappa shape index (κ3) is 7.41. The van der Waals surface area contributed by atoms with Crippen molar-refractivity contribution in [2.45, 2.75) is 59.0 Å². The molecule has 2 aromatic rings. The fourth-order valence-electron chi connectivity index (χ4n) is 3.28. The standard InChI is InChI=1S/C24H35N3O2/c1-4-6-15-23(28)26(17-7-5-2)20-24(29)27(18-21-12-9-8-10-13-21)19-22-14-11-16-25(22)3/h8-14,16H,4-7,15,17-20H2,1-3H3. The van der Waals surface area contributed by atoms with Gasteiger partial charge in [0.15, 0.2) is 0 Å². The maximum atomic E-state index is 13.3. The Morgan fingerprint density at radius 1 is 0.862 bits per heavy atom. The molecule has 5 heteroatoms. The van der Waals surface area contributed by atoms with Crippen molar-refractivity contribution >= 4 is 11.8 Å². The average Bonchev–Trinajstić information content (AvgIpc) is 3.13. The van der Waals surface area contributed by atoms with Crippen LogP contribution in [0.15, 0.2) is 48.7 Å². The molecule has 158 valence electrons.